The molecule has 116 valence electrons. The SMILES string of the molecule is CN=NC1CCC(c2c([N+](=O)[O-])cnn2C)OC(C)C1F. The van der Waals surface area contributed by atoms with Crippen LogP contribution in [0.5, 0.6) is 0 Å². The van der Waals surface area contributed by atoms with Crippen LogP contribution in [-0.2, 0) is 11.8 Å². The normalized spacial score (nSPS) is 30.5. The van der Waals surface area contributed by atoms with E-state index in [-0.39, 0.29) is 5.69 Å². The maximum absolute atomic E-state index is 14.2. The van der Waals surface area contributed by atoms with Crippen LogP contribution in [0.25, 0.3) is 0 Å². The summed E-state index contributed by atoms with van der Waals surface area (Å²) in [6, 6.07) is -0.581. The minimum Gasteiger partial charge on any atom is -0.366 e. The molecule has 0 N–H and O–H groups in total. The van der Waals surface area contributed by atoms with Crippen LogP contribution in [0.3, 0.4) is 0 Å². The molecule has 0 aliphatic carbocycles. The molecule has 1 fully saturated rings. The smallest absolute Gasteiger partial charge is 0.312 e. The molecule has 21 heavy (non-hydrogen) atoms. The van der Waals surface area contributed by atoms with Gasteiger partial charge in [-0.15, -0.1) is 0 Å². The third-order valence-electron chi connectivity index (χ3n) is 3.65. The summed E-state index contributed by atoms with van der Waals surface area (Å²) in [5.74, 6) is 0. The van der Waals surface area contributed by atoms with Crippen LogP contribution in [0.2, 0.25) is 0 Å². The summed E-state index contributed by atoms with van der Waals surface area (Å²) in [4.78, 5) is 10.6. The molecule has 0 saturated carbocycles. The minimum absolute atomic E-state index is 0.110. The second-order valence-corrected chi connectivity index (χ2v) is 5.03. The Morgan fingerprint density at radius 1 is 1.57 bits per heavy atom. The molecule has 0 aromatic carbocycles. The molecule has 4 unspecified atom stereocenters. The molecule has 4 atom stereocenters. The van der Waals surface area contributed by atoms with Crippen LogP contribution < -0.4 is 0 Å². The summed E-state index contributed by atoms with van der Waals surface area (Å²) in [7, 11) is 3.10. The van der Waals surface area contributed by atoms with Gasteiger partial charge in [0.1, 0.15) is 30.2 Å². The topological polar surface area (TPSA) is 94.9 Å². The lowest BCUT2D eigenvalue weighted by molar-refractivity contribution is -0.386. The number of halogens is 1. The summed E-state index contributed by atoms with van der Waals surface area (Å²) < 4.78 is 21.3. The van der Waals surface area contributed by atoms with Crippen LogP contribution >= 0.6 is 0 Å². The monoisotopic (exact) mass is 299 g/mol. The Bertz CT molecular complexity index is 547. The van der Waals surface area contributed by atoms with E-state index in [1.807, 2.05) is 0 Å². The molecule has 0 bridgehead atoms. The summed E-state index contributed by atoms with van der Waals surface area (Å²) in [6.45, 7) is 1.60. The first-order chi connectivity index (χ1) is 9.95. The van der Waals surface area contributed by atoms with Gasteiger partial charge in [0, 0.05) is 14.1 Å². The van der Waals surface area contributed by atoms with Gasteiger partial charge in [-0.3, -0.25) is 14.8 Å². The van der Waals surface area contributed by atoms with E-state index in [0.717, 1.165) is 0 Å². The van der Waals surface area contributed by atoms with Crippen molar-refractivity contribution in [3.63, 3.8) is 0 Å². The van der Waals surface area contributed by atoms with E-state index in [0.29, 0.717) is 18.5 Å². The van der Waals surface area contributed by atoms with Gasteiger partial charge in [0.15, 0.2) is 0 Å². The summed E-state index contributed by atoms with van der Waals surface area (Å²) >= 11 is 0. The third-order valence-corrected chi connectivity index (χ3v) is 3.65. The number of nitro groups is 1. The number of azo groups is 1. The number of aryl methyl sites for hydroxylation is 1. The third kappa shape index (κ3) is 3.07. The maximum Gasteiger partial charge on any atom is 0.312 e. The van der Waals surface area contributed by atoms with Crippen LogP contribution in [0.4, 0.5) is 10.1 Å². The van der Waals surface area contributed by atoms with Crippen molar-refractivity contribution >= 4 is 5.69 Å². The van der Waals surface area contributed by atoms with Crippen molar-refractivity contribution in [3.8, 4) is 0 Å². The van der Waals surface area contributed by atoms with Gasteiger partial charge < -0.3 is 4.74 Å². The second-order valence-electron chi connectivity index (χ2n) is 5.03. The van der Waals surface area contributed by atoms with E-state index < -0.39 is 29.3 Å². The Balaban J connectivity index is 2.30. The zero-order chi connectivity index (χ0) is 15.6. The zero-order valence-electron chi connectivity index (χ0n) is 12.1. The van der Waals surface area contributed by atoms with Crippen molar-refractivity contribution in [1.82, 2.24) is 9.78 Å². The Labute approximate surface area is 121 Å². The van der Waals surface area contributed by atoms with Gasteiger partial charge in [0.05, 0.1) is 11.0 Å². The Hall–Kier alpha value is -1.90. The van der Waals surface area contributed by atoms with Gasteiger partial charge in [-0.05, 0) is 19.8 Å². The molecule has 1 aliphatic heterocycles. The van der Waals surface area contributed by atoms with E-state index >= 15 is 0 Å². The van der Waals surface area contributed by atoms with Crippen molar-refractivity contribution in [2.75, 3.05) is 7.05 Å². The first kappa shape index (κ1) is 15.5. The molecule has 0 amide bonds. The molecule has 0 spiro atoms. The van der Waals surface area contributed by atoms with E-state index in [1.54, 1.807) is 14.0 Å². The summed E-state index contributed by atoms with van der Waals surface area (Å²) in [5, 5.41) is 22.5. The highest BCUT2D eigenvalue weighted by Gasteiger charge is 2.37. The Morgan fingerprint density at radius 3 is 2.90 bits per heavy atom. The van der Waals surface area contributed by atoms with Crippen LogP contribution in [0.15, 0.2) is 16.4 Å². The van der Waals surface area contributed by atoms with Crippen LogP contribution in [-0.4, -0.2) is 40.1 Å². The van der Waals surface area contributed by atoms with Gasteiger partial charge in [0.25, 0.3) is 0 Å². The lowest BCUT2D eigenvalue weighted by Crippen LogP contribution is -2.30. The van der Waals surface area contributed by atoms with Gasteiger partial charge >= 0.3 is 5.69 Å². The Kier molecular flexibility index (Phi) is 4.61. The Morgan fingerprint density at radius 2 is 2.29 bits per heavy atom. The van der Waals surface area contributed by atoms with Crippen molar-refractivity contribution < 1.29 is 14.1 Å². The molecule has 9 heteroatoms. The highest BCUT2D eigenvalue weighted by Crippen LogP contribution is 2.36. The second kappa shape index (κ2) is 6.25. The minimum atomic E-state index is -1.29. The molecular weight excluding hydrogens is 281 g/mol. The summed E-state index contributed by atoms with van der Waals surface area (Å²) in [5.41, 5.74) is 0.244. The molecule has 8 nitrogen and oxygen atoms in total. The van der Waals surface area contributed by atoms with Gasteiger partial charge in [-0.25, -0.2) is 4.39 Å². The largest absolute Gasteiger partial charge is 0.366 e. The van der Waals surface area contributed by atoms with Crippen molar-refractivity contribution in [2.24, 2.45) is 17.3 Å². The van der Waals surface area contributed by atoms with Crippen molar-refractivity contribution in [3.05, 3.63) is 22.0 Å². The molecule has 1 saturated heterocycles. The summed E-state index contributed by atoms with van der Waals surface area (Å²) in [6.07, 6.45) is -0.563. The van der Waals surface area contributed by atoms with E-state index in [2.05, 4.69) is 15.3 Å². The first-order valence-corrected chi connectivity index (χ1v) is 6.70. The molecule has 0 radical (unpaired) electrons. The number of alkyl halides is 1. The predicted octanol–water partition coefficient (Wildman–Crippen LogP) is 2.36. The van der Waals surface area contributed by atoms with Gasteiger partial charge in [-0.1, -0.05) is 0 Å². The molecule has 1 aromatic rings. The number of aromatic nitrogens is 2. The fourth-order valence-corrected chi connectivity index (χ4v) is 2.62. The zero-order valence-corrected chi connectivity index (χ0v) is 12.1. The molecule has 1 aliphatic rings. The highest BCUT2D eigenvalue weighted by atomic mass is 19.1. The average Bonchev–Trinajstić information content (AvgIpc) is 2.76. The number of ether oxygens (including phenoxy) is 1. The van der Waals surface area contributed by atoms with E-state index in [9.17, 15) is 14.5 Å². The quantitative estimate of drug-likeness (QED) is 0.486. The number of hydrogen-bond donors (Lipinski definition) is 0. The lowest BCUT2D eigenvalue weighted by atomic mass is 10.0. The molecular formula is C12H18FN5O3. The van der Waals surface area contributed by atoms with E-state index in [4.69, 9.17) is 4.74 Å². The maximum atomic E-state index is 14.2. The van der Waals surface area contributed by atoms with Crippen LogP contribution in [0, 0.1) is 10.1 Å². The van der Waals surface area contributed by atoms with E-state index in [1.165, 1.54) is 17.9 Å². The number of rotatable bonds is 3. The molecule has 2 heterocycles. The molecule has 1 aromatic heterocycles. The fourth-order valence-electron chi connectivity index (χ4n) is 2.62. The lowest BCUT2D eigenvalue weighted by Gasteiger charge is -2.20. The number of nitrogens with zero attached hydrogens (tertiary/aromatic N) is 5. The highest BCUT2D eigenvalue weighted by molar-refractivity contribution is 5.35. The molecule has 2 rings (SSSR count). The van der Waals surface area contributed by atoms with Crippen molar-refractivity contribution in [1.29, 1.82) is 0 Å². The standard InChI is InChI=1S/C12H18FN5O3/c1-7-11(13)8(16-14-2)4-5-10(21-7)12-9(18(19)20)6-15-17(12)3/h6-8,10-11H,4-5H2,1-3H3. The first-order valence-electron chi connectivity index (χ1n) is 6.70. The average molecular weight is 299 g/mol. The fraction of sp³-hybridized carbons (Fsp3) is 0.750. The van der Waals surface area contributed by atoms with Gasteiger partial charge in [-0.2, -0.15) is 15.3 Å². The van der Waals surface area contributed by atoms with Gasteiger partial charge in [0.2, 0.25) is 0 Å². The van der Waals surface area contributed by atoms with Crippen molar-refractivity contribution in [2.45, 2.75) is 44.2 Å². The number of hydrogen-bond acceptors (Lipinski definition) is 6. The predicted molar refractivity (Wildman–Crippen MR) is 71.8 cm³/mol. The van der Waals surface area contributed by atoms with Crippen LogP contribution in [0.1, 0.15) is 31.6 Å².